The van der Waals surface area contributed by atoms with Crippen LogP contribution >= 0.6 is 0 Å². The molecule has 0 aliphatic rings. The Balaban J connectivity index is 2.31. The normalized spacial score (nSPS) is 12.7. The van der Waals surface area contributed by atoms with Crippen LogP contribution in [0.2, 0.25) is 0 Å². The lowest BCUT2D eigenvalue weighted by molar-refractivity contribution is -0.131. The fourth-order valence-corrected chi connectivity index (χ4v) is 2.74. The van der Waals surface area contributed by atoms with E-state index in [0.717, 1.165) is 17.6 Å². The highest BCUT2D eigenvalue weighted by Gasteiger charge is 2.19. The van der Waals surface area contributed by atoms with Gasteiger partial charge in [-0.25, -0.2) is 8.42 Å². The maximum Gasteiger partial charge on any atom is 0.239 e. The van der Waals surface area contributed by atoms with Gasteiger partial charge in [0.2, 0.25) is 5.91 Å². The summed E-state index contributed by atoms with van der Waals surface area (Å²) in [6.07, 6.45) is 1.95. The van der Waals surface area contributed by atoms with Gasteiger partial charge in [0, 0.05) is 19.8 Å². The Hall–Kier alpha value is -1.60. The molecule has 1 atom stereocenters. The number of nitrogens with two attached hydrogens (primary N) is 1. The molecule has 0 saturated carbocycles. The number of nitrogens with zero attached hydrogens (tertiary/aromatic N) is 1. The molecule has 0 fully saturated rings. The van der Waals surface area contributed by atoms with Crippen molar-refractivity contribution in [2.75, 3.05) is 32.2 Å². The van der Waals surface area contributed by atoms with Crippen LogP contribution in [0.5, 0.6) is 5.75 Å². The number of carbonyl (C=O) groups excluding carboxylic acids is 1. The highest BCUT2D eigenvalue weighted by Crippen LogP contribution is 2.16. The summed E-state index contributed by atoms with van der Waals surface area (Å²) in [5.41, 5.74) is 6.82. The zero-order chi connectivity index (χ0) is 17.5. The molecule has 0 saturated heterocycles. The van der Waals surface area contributed by atoms with Crippen LogP contribution in [0.1, 0.15) is 18.4 Å². The van der Waals surface area contributed by atoms with Gasteiger partial charge in [0.05, 0.1) is 18.4 Å². The molecule has 0 radical (unpaired) electrons. The van der Waals surface area contributed by atoms with Gasteiger partial charge in [0.15, 0.2) is 0 Å². The number of hydrogen-bond donors (Lipinski definition) is 1. The Bertz CT molecular complexity index is 616. The van der Waals surface area contributed by atoms with E-state index in [1.807, 2.05) is 31.2 Å². The fraction of sp³-hybridized carbons (Fsp3) is 0.562. The average Bonchev–Trinajstić information content (AvgIpc) is 2.49. The van der Waals surface area contributed by atoms with Crippen molar-refractivity contribution in [3.63, 3.8) is 0 Å². The zero-order valence-electron chi connectivity index (χ0n) is 14.0. The first-order valence-corrected chi connectivity index (χ1v) is 9.63. The third-order valence-corrected chi connectivity index (χ3v) is 4.46. The number of likely N-dealkylation sites (N-methyl/N-ethyl adjacent to an activating group) is 1. The van der Waals surface area contributed by atoms with E-state index in [1.165, 1.54) is 4.90 Å². The van der Waals surface area contributed by atoms with Crippen LogP contribution in [0.4, 0.5) is 0 Å². The molecule has 7 heteroatoms. The summed E-state index contributed by atoms with van der Waals surface area (Å²) in [4.78, 5) is 13.6. The van der Waals surface area contributed by atoms with Crippen molar-refractivity contribution in [3.8, 4) is 5.75 Å². The minimum Gasteiger partial charge on any atom is -0.493 e. The number of para-hydroxylation sites is 1. The summed E-state index contributed by atoms with van der Waals surface area (Å²) < 4.78 is 27.9. The van der Waals surface area contributed by atoms with E-state index >= 15 is 0 Å². The molecule has 2 N–H and O–H groups in total. The van der Waals surface area contributed by atoms with Crippen LogP contribution in [0.25, 0.3) is 0 Å². The number of amides is 1. The second-order valence-corrected chi connectivity index (χ2v) is 8.01. The molecule has 0 bridgehead atoms. The Morgan fingerprint density at radius 1 is 1.35 bits per heavy atom. The molecule has 1 rings (SSSR count). The first-order chi connectivity index (χ1) is 10.7. The standard InChI is InChI=1S/C16H26N2O4S/c1-13-7-4-5-8-15(13)22-11-6-10-18(2)16(19)14(17)9-12-23(3,20)21/h4-5,7-8,14H,6,9-12,17H2,1-3H3. The zero-order valence-corrected chi connectivity index (χ0v) is 14.8. The third-order valence-electron chi connectivity index (χ3n) is 3.48. The number of benzene rings is 1. The lowest BCUT2D eigenvalue weighted by atomic mass is 10.2. The van der Waals surface area contributed by atoms with Crippen molar-refractivity contribution < 1.29 is 17.9 Å². The molecule has 0 aliphatic heterocycles. The van der Waals surface area contributed by atoms with Crippen LogP contribution in [0.3, 0.4) is 0 Å². The molecule has 6 nitrogen and oxygen atoms in total. The van der Waals surface area contributed by atoms with E-state index < -0.39 is 15.9 Å². The van der Waals surface area contributed by atoms with Crippen molar-refractivity contribution in [1.82, 2.24) is 4.90 Å². The van der Waals surface area contributed by atoms with E-state index in [4.69, 9.17) is 10.5 Å². The predicted molar refractivity (Wildman–Crippen MR) is 91.2 cm³/mol. The molecule has 130 valence electrons. The highest BCUT2D eigenvalue weighted by molar-refractivity contribution is 7.90. The van der Waals surface area contributed by atoms with Gasteiger partial charge in [-0.1, -0.05) is 18.2 Å². The largest absolute Gasteiger partial charge is 0.493 e. The molecule has 23 heavy (non-hydrogen) atoms. The minimum atomic E-state index is -3.10. The molecular formula is C16H26N2O4S. The van der Waals surface area contributed by atoms with Crippen molar-refractivity contribution in [2.45, 2.75) is 25.8 Å². The lowest BCUT2D eigenvalue weighted by Gasteiger charge is -2.21. The van der Waals surface area contributed by atoms with E-state index in [2.05, 4.69) is 0 Å². The fourth-order valence-electron chi connectivity index (χ4n) is 2.06. The van der Waals surface area contributed by atoms with Crippen molar-refractivity contribution >= 4 is 15.7 Å². The highest BCUT2D eigenvalue weighted by atomic mass is 32.2. The van der Waals surface area contributed by atoms with Gasteiger partial charge in [-0.3, -0.25) is 4.79 Å². The number of carbonyl (C=O) groups is 1. The smallest absolute Gasteiger partial charge is 0.239 e. The maximum absolute atomic E-state index is 12.0. The summed E-state index contributed by atoms with van der Waals surface area (Å²) in [5.74, 6) is 0.514. The topological polar surface area (TPSA) is 89.7 Å². The average molecular weight is 342 g/mol. The Morgan fingerprint density at radius 3 is 2.61 bits per heavy atom. The second kappa shape index (κ2) is 8.88. The molecule has 1 aromatic rings. The Labute approximate surface area is 138 Å². The number of hydrogen-bond acceptors (Lipinski definition) is 5. The monoisotopic (exact) mass is 342 g/mol. The quantitative estimate of drug-likeness (QED) is 0.676. The first-order valence-electron chi connectivity index (χ1n) is 7.57. The maximum atomic E-state index is 12.0. The molecule has 1 unspecified atom stereocenters. The number of rotatable bonds is 9. The van der Waals surface area contributed by atoms with Crippen LogP contribution in [-0.2, 0) is 14.6 Å². The van der Waals surface area contributed by atoms with Gasteiger partial charge in [-0.15, -0.1) is 0 Å². The van der Waals surface area contributed by atoms with Crippen LogP contribution in [-0.4, -0.2) is 57.5 Å². The number of sulfone groups is 1. The Kier molecular flexibility index (Phi) is 7.51. The summed E-state index contributed by atoms with van der Waals surface area (Å²) in [6.45, 7) is 2.99. The van der Waals surface area contributed by atoms with Crippen LogP contribution in [0, 0.1) is 6.92 Å². The van der Waals surface area contributed by atoms with Gasteiger partial charge in [0.25, 0.3) is 0 Å². The van der Waals surface area contributed by atoms with Gasteiger partial charge in [-0.2, -0.15) is 0 Å². The number of ether oxygens (including phenoxy) is 1. The van der Waals surface area contributed by atoms with Crippen LogP contribution in [0.15, 0.2) is 24.3 Å². The summed E-state index contributed by atoms with van der Waals surface area (Å²) in [7, 11) is -1.44. The molecule has 0 aliphatic carbocycles. The molecule has 1 aromatic carbocycles. The molecule has 1 amide bonds. The van der Waals surface area contributed by atoms with E-state index in [9.17, 15) is 13.2 Å². The van der Waals surface area contributed by atoms with Gasteiger partial charge in [-0.05, 0) is 31.4 Å². The molecule has 0 heterocycles. The van der Waals surface area contributed by atoms with Gasteiger partial charge >= 0.3 is 0 Å². The SMILES string of the molecule is Cc1ccccc1OCCCN(C)C(=O)C(N)CCS(C)(=O)=O. The summed E-state index contributed by atoms with van der Waals surface area (Å²) in [6, 6.07) is 6.97. The van der Waals surface area contributed by atoms with Gasteiger partial charge < -0.3 is 15.4 Å². The van der Waals surface area contributed by atoms with E-state index in [1.54, 1.807) is 7.05 Å². The minimum absolute atomic E-state index is 0.0792. The lowest BCUT2D eigenvalue weighted by Crippen LogP contribution is -2.43. The molecular weight excluding hydrogens is 316 g/mol. The van der Waals surface area contributed by atoms with Gasteiger partial charge in [0.1, 0.15) is 15.6 Å². The Morgan fingerprint density at radius 2 is 2.00 bits per heavy atom. The molecule has 0 aromatic heterocycles. The van der Waals surface area contributed by atoms with Crippen molar-refractivity contribution in [3.05, 3.63) is 29.8 Å². The summed E-state index contributed by atoms with van der Waals surface area (Å²) in [5, 5.41) is 0. The third kappa shape index (κ3) is 7.47. The second-order valence-electron chi connectivity index (χ2n) is 5.75. The molecule has 0 spiro atoms. The van der Waals surface area contributed by atoms with E-state index in [0.29, 0.717) is 19.6 Å². The summed E-state index contributed by atoms with van der Waals surface area (Å²) >= 11 is 0. The predicted octanol–water partition coefficient (Wildman–Crippen LogP) is 0.984. The van der Waals surface area contributed by atoms with Crippen molar-refractivity contribution in [1.29, 1.82) is 0 Å². The first kappa shape index (κ1) is 19.4. The van der Waals surface area contributed by atoms with Crippen LogP contribution < -0.4 is 10.5 Å². The van der Waals surface area contributed by atoms with E-state index in [-0.39, 0.29) is 18.1 Å². The number of aryl methyl sites for hydroxylation is 1. The van der Waals surface area contributed by atoms with Crippen molar-refractivity contribution in [2.24, 2.45) is 5.73 Å².